The summed E-state index contributed by atoms with van der Waals surface area (Å²) in [7, 11) is 0. The maximum atomic E-state index is 13.2. The van der Waals surface area contributed by atoms with Gasteiger partial charge in [0.1, 0.15) is 5.82 Å². The summed E-state index contributed by atoms with van der Waals surface area (Å²) >= 11 is 0. The lowest BCUT2D eigenvalue weighted by Crippen LogP contribution is -2.33. The van der Waals surface area contributed by atoms with E-state index in [0.29, 0.717) is 24.3 Å². The molecule has 2 amide bonds. The molecule has 0 aliphatic carbocycles. The lowest BCUT2D eigenvalue weighted by Gasteiger charge is -2.23. The van der Waals surface area contributed by atoms with Crippen molar-refractivity contribution < 1.29 is 14.0 Å². The molecule has 2 aromatic carbocycles. The van der Waals surface area contributed by atoms with Crippen molar-refractivity contribution in [1.29, 1.82) is 0 Å². The Bertz CT molecular complexity index is 800. The van der Waals surface area contributed by atoms with Crippen LogP contribution in [0.5, 0.6) is 0 Å². The molecule has 0 spiro atoms. The molecule has 0 aromatic heterocycles. The van der Waals surface area contributed by atoms with Gasteiger partial charge in [0.05, 0.1) is 6.54 Å². The molecule has 2 rings (SSSR count). The SMILES string of the molecule is CCN(CC)C(=O)c1ccc(NC(=O)CN[C@H](c2ccc(F)cc2)C(C)C)cc1. The van der Waals surface area contributed by atoms with E-state index in [0.717, 1.165) is 5.56 Å². The summed E-state index contributed by atoms with van der Waals surface area (Å²) in [6.45, 7) is 9.42. The summed E-state index contributed by atoms with van der Waals surface area (Å²) in [5, 5.41) is 6.07. The number of benzene rings is 2. The largest absolute Gasteiger partial charge is 0.339 e. The Labute approximate surface area is 172 Å². The van der Waals surface area contributed by atoms with Gasteiger partial charge in [-0.25, -0.2) is 4.39 Å². The molecule has 29 heavy (non-hydrogen) atoms. The molecule has 156 valence electrons. The Morgan fingerprint density at radius 2 is 1.55 bits per heavy atom. The second-order valence-electron chi connectivity index (χ2n) is 7.26. The van der Waals surface area contributed by atoms with Gasteiger partial charge in [-0.15, -0.1) is 0 Å². The maximum Gasteiger partial charge on any atom is 0.253 e. The van der Waals surface area contributed by atoms with Crippen LogP contribution in [0, 0.1) is 11.7 Å². The van der Waals surface area contributed by atoms with Gasteiger partial charge in [-0.1, -0.05) is 26.0 Å². The van der Waals surface area contributed by atoms with Crippen molar-refractivity contribution in [1.82, 2.24) is 10.2 Å². The molecular formula is C23H30FN3O2. The molecule has 2 aromatic rings. The maximum absolute atomic E-state index is 13.2. The third kappa shape index (κ3) is 6.39. The Morgan fingerprint density at radius 1 is 0.966 bits per heavy atom. The minimum atomic E-state index is -0.281. The van der Waals surface area contributed by atoms with Crippen molar-refractivity contribution in [2.24, 2.45) is 5.92 Å². The van der Waals surface area contributed by atoms with Gasteiger partial charge in [0.2, 0.25) is 5.91 Å². The minimum Gasteiger partial charge on any atom is -0.339 e. The van der Waals surface area contributed by atoms with Crippen molar-refractivity contribution in [3.63, 3.8) is 0 Å². The number of hydrogen-bond donors (Lipinski definition) is 2. The second kappa shape index (κ2) is 10.7. The van der Waals surface area contributed by atoms with Crippen LogP contribution in [0.15, 0.2) is 48.5 Å². The molecule has 6 heteroatoms. The minimum absolute atomic E-state index is 0.0198. The Morgan fingerprint density at radius 3 is 2.07 bits per heavy atom. The summed E-state index contributed by atoms with van der Waals surface area (Å²) in [5.74, 6) is -0.246. The number of halogens is 1. The topological polar surface area (TPSA) is 61.4 Å². The second-order valence-corrected chi connectivity index (χ2v) is 7.26. The van der Waals surface area contributed by atoms with Crippen LogP contribution < -0.4 is 10.6 Å². The third-order valence-electron chi connectivity index (χ3n) is 4.84. The van der Waals surface area contributed by atoms with Gasteiger partial charge in [-0.2, -0.15) is 0 Å². The first kappa shape index (κ1) is 22.6. The van der Waals surface area contributed by atoms with Crippen LogP contribution in [0.4, 0.5) is 10.1 Å². The molecule has 0 fully saturated rings. The molecule has 0 saturated carbocycles. The first-order valence-corrected chi connectivity index (χ1v) is 10.0. The van der Waals surface area contributed by atoms with Crippen molar-refractivity contribution in [3.05, 3.63) is 65.5 Å². The molecule has 5 nitrogen and oxygen atoms in total. The summed E-state index contributed by atoms with van der Waals surface area (Å²) in [6.07, 6.45) is 0. The molecule has 0 unspecified atom stereocenters. The van der Waals surface area contributed by atoms with Crippen molar-refractivity contribution in [3.8, 4) is 0 Å². The van der Waals surface area contributed by atoms with Crippen molar-refractivity contribution in [2.45, 2.75) is 33.7 Å². The smallest absolute Gasteiger partial charge is 0.253 e. The summed E-state index contributed by atoms with van der Waals surface area (Å²) < 4.78 is 13.2. The van der Waals surface area contributed by atoms with Crippen LogP contribution in [0.3, 0.4) is 0 Å². The molecule has 0 radical (unpaired) electrons. The molecule has 0 saturated heterocycles. The van der Waals surface area contributed by atoms with Crippen LogP contribution >= 0.6 is 0 Å². The van der Waals surface area contributed by atoms with E-state index < -0.39 is 0 Å². The zero-order valence-corrected chi connectivity index (χ0v) is 17.5. The van der Waals surface area contributed by atoms with E-state index in [-0.39, 0.29) is 36.1 Å². The van der Waals surface area contributed by atoms with E-state index >= 15 is 0 Å². The summed E-state index contributed by atoms with van der Waals surface area (Å²) in [6, 6.07) is 13.2. The highest BCUT2D eigenvalue weighted by molar-refractivity contribution is 5.96. The first-order chi connectivity index (χ1) is 13.8. The molecule has 0 aliphatic rings. The van der Waals surface area contributed by atoms with Crippen LogP contribution in [-0.2, 0) is 4.79 Å². The predicted octanol–water partition coefficient (Wildman–Crippen LogP) is 4.23. The van der Waals surface area contributed by atoms with E-state index in [4.69, 9.17) is 0 Å². The Balaban J connectivity index is 1.94. The van der Waals surface area contributed by atoms with Gasteiger partial charge >= 0.3 is 0 Å². The quantitative estimate of drug-likeness (QED) is 0.663. The standard InChI is InChI=1S/C23H30FN3O2/c1-5-27(6-2)23(29)18-9-13-20(14-10-18)26-21(28)15-25-22(16(3)4)17-7-11-19(24)12-8-17/h7-14,16,22,25H,5-6,15H2,1-4H3,(H,26,28)/t22-/m0/s1. The number of hydrogen-bond acceptors (Lipinski definition) is 3. The molecule has 0 bridgehead atoms. The Hall–Kier alpha value is -2.73. The van der Waals surface area contributed by atoms with Gasteiger partial charge in [0.15, 0.2) is 0 Å². The fourth-order valence-corrected chi connectivity index (χ4v) is 3.21. The van der Waals surface area contributed by atoms with Gasteiger partial charge in [0.25, 0.3) is 5.91 Å². The number of nitrogens with zero attached hydrogens (tertiary/aromatic N) is 1. The van der Waals surface area contributed by atoms with Gasteiger partial charge in [-0.05, 0) is 61.7 Å². The highest BCUT2D eigenvalue weighted by Gasteiger charge is 2.17. The Kier molecular flexibility index (Phi) is 8.34. The molecule has 0 aliphatic heterocycles. The normalized spacial score (nSPS) is 11.9. The highest BCUT2D eigenvalue weighted by atomic mass is 19.1. The van der Waals surface area contributed by atoms with Gasteiger partial charge in [-0.3, -0.25) is 9.59 Å². The summed E-state index contributed by atoms with van der Waals surface area (Å²) in [5.41, 5.74) is 2.17. The van der Waals surface area contributed by atoms with Crippen molar-refractivity contribution >= 4 is 17.5 Å². The molecule has 0 heterocycles. The van der Waals surface area contributed by atoms with Crippen LogP contribution in [-0.4, -0.2) is 36.3 Å². The lowest BCUT2D eigenvalue weighted by atomic mass is 9.96. The predicted molar refractivity (Wildman–Crippen MR) is 114 cm³/mol. The third-order valence-corrected chi connectivity index (χ3v) is 4.84. The van der Waals surface area contributed by atoms with Gasteiger partial charge < -0.3 is 15.5 Å². The lowest BCUT2D eigenvalue weighted by molar-refractivity contribution is -0.115. The number of carbonyl (C=O) groups is 2. The summed E-state index contributed by atoms with van der Waals surface area (Å²) in [4.78, 5) is 26.4. The zero-order chi connectivity index (χ0) is 21.4. The van der Waals surface area contributed by atoms with E-state index in [1.54, 1.807) is 41.3 Å². The van der Waals surface area contributed by atoms with E-state index in [2.05, 4.69) is 10.6 Å². The van der Waals surface area contributed by atoms with E-state index in [1.165, 1.54) is 12.1 Å². The zero-order valence-electron chi connectivity index (χ0n) is 17.5. The average molecular weight is 400 g/mol. The fourth-order valence-electron chi connectivity index (χ4n) is 3.21. The number of carbonyl (C=O) groups excluding carboxylic acids is 2. The first-order valence-electron chi connectivity index (χ1n) is 10.0. The molecule has 1 atom stereocenters. The van der Waals surface area contributed by atoms with Crippen LogP contribution in [0.1, 0.15) is 49.7 Å². The molecule has 2 N–H and O–H groups in total. The van der Waals surface area contributed by atoms with Gasteiger partial charge in [0, 0.05) is 30.4 Å². The van der Waals surface area contributed by atoms with Crippen molar-refractivity contribution in [2.75, 3.05) is 25.0 Å². The van der Waals surface area contributed by atoms with E-state index in [9.17, 15) is 14.0 Å². The molecular weight excluding hydrogens is 369 g/mol. The monoisotopic (exact) mass is 399 g/mol. The number of amides is 2. The van der Waals surface area contributed by atoms with Crippen LogP contribution in [0.25, 0.3) is 0 Å². The van der Waals surface area contributed by atoms with E-state index in [1.807, 2.05) is 27.7 Å². The number of nitrogens with one attached hydrogen (secondary N) is 2. The fraction of sp³-hybridized carbons (Fsp3) is 0.391. The highest BCUT2D eigenvalue weighted by Crippen LogP contribution is 2.21. The number of anilines is 1. The number of rotatable bonds is 9. The average Bonchev–Trinajstić information content (AvgIpc) is 2.70. The van der Waals surface area contributed by atoms with Crippen LogP contribution in [0.2, 0.25) is 0 Å².